The predicted molar refractivity (Wildman–Crippen MR) is 170 cm³/mol. The molecular weight excluding hydrogens is 460 g/mol. The zero-order chi connectivity index (χ0) is 27.5. The summed E-state index contributed by atoms with van der Waals surface area (Å²) in [6.45, 7) is 9.40. The molecule has 0 spiro atoms. The van der Waals surface area contributed by atoms with Gasteiger partial charge in [0.1, 0.15) is 12.4 Å². The second-order valence-corrected chi connectivity index (χ2v) is 12.6. The molecule has 0 aromatic carbocycles. The number of hydrogen-bond donors (Lipinski definition) is 1. The highest BCUT2D eigenvalue weighted by molar-refractivity contribution is 4.90. The molecule has 2 nitrogen and oxygen atoms in total. The third-order valence-corrected chi connectivity index (χ3v) is 8.89. The smallest absolute Gasteiger partial charge is 0.247 e. The van der Waals surface area contributed by atoms with Crippen LogP contribution in [0.15, 0.2) is 12.4 Å². The van der Waals surface area contributed by atoms with Crippen molar-refractivity contribution in [1.82, 2.24) is 4.98 Å². The number of hydrogen-bond acceptors (Lipinski definition) is 0. The van der Waals surface area contributed by atoms with Crippen LogP contribution < -0.4 is 4.57 Å². The summed E-state index contributed by atoms with van der Waals surface area (Å²) < 4.78 is 2.62. The van der Waals surface area contributed by atoms with Crippen LogP contribution in [-0.4, -0.2) is 4.98 Å². The van der Waals surface area contributed by atoms with Crippen LogP contribution in [0.4, 0.5) is 0 Å². The van der Waals surface area contributed by atoms with E-state index in [-0.39, 0.29) is 0 Å². The van der Waals surface area contributed by atoms with Crippen LogP contribution in [0, 0.1) is 0 Å². The lowest BCUT2D eigenvalue weighted by atomic mass is 9.92. The minimum Gasteiger partial charge on any atom is -0.247 e. The molecule has 0 aliphatic carbocycles. The molecule has 2 unspecified atom stereocenters. The maximum atomic E-state index is 3.73. The van der Waals surface area contributed by atoms with Crippen molar-refractivity contribution >= 4 is 0 Å². The van der Waals surface area contributed by atoms with Gasteiger partial charge in [-0.05, 0) is 32.6 Å². The fourth-order valence-electron chi connectivity index (χ4n) is 6.25. The molecule has 0 fully saturated rings. The molecular formula is C36H71N2+. The predicted octanol–water partition coefficient (Wildman–Crippen LogP) is 12.5. The lowest BCUT2D eigenvalue weighted by molar-refractivity contribution is -0.727. The molecule has 0 aliphatic heterocycles. The molecule has 224 valence electrons. The van der Waals surface area contributed by atoms with Crippen molar-refractivity contribution in [2.45, 2.75) is 213 Å². The lowest BCUT2D eigenvalue weighted by Gasteiger charge is -2.17. The standard InChI is InChI=1S/C36H70N2/c1-5-8-11-14-17-18-19-22-25-28-31-35(30-27-24-21-16-13-10-7-3)36-37-32-33-38(36)34(4)29-26-23-20-15-12-9-6-2/h32-35H,5-31H2,1-4H3/p+1. The maximum Gasteiger partial charge on any atom is 0.257 e. The summed E-state index contributed by atoms with van der Waals surface area (Å²) >= 11 is 0. The van der Waals surface area contributed by atoms with Gasteiger partial charge in [0.15, 0.2) is 0 Å². The summed E-state index contributed by atoms with van der Waals surface area (Å²) in [5, 5.41) is 0. The van der Waals surface area contributed by atoms with Gasteiger partial charge in [-0.2, -0.15) is 0 Å². The first-order valence-electron chi connectivity index (χ1n) is 17.8. The molecule has 1 rings (SSSR count). The Kier molecular flexibility index (Phi) is 24.5. The Balaban J connectivity index is 2.47. The second kappa shape index (κ2) is 26.4. The van der Waals surface area contributed by atoms with Crippen molar-refractivity contribution in [2.75, 3.05) is 0 Å². The fraction of sp³-hybridized carbons (Fsp3) is 0.917. The van der Waals surface area contributed by atoms with Crippen molar-refractivity contribution in [1.29, 1.82) is 0 Å². The van der Waals surface area contributed by atoms with Crippen LogP contribution in [0.25, 0.3) is 0 Å². The van der Waals surface area contributed by atoms with Gasteiger partial charge in [-0.3, -0.25) is 0 Å². The molecule has 1 N–H and O–H groups in total. The Hall–Kier alpha value is -0.790. The van der Waals surface area contributed by atoms with Crippen LogP contribution in [-0.2, 0) is 0 Å². The van der Waals surface area contributed by atoms with E-state index in [4.69, 9.17) is 0 Å². The average molecular weight is 532 g/mol. The highest BCUT2D eigenvalue weighted by Gasteiger charge is 2.25. The average Bonchev–Trinajstić information content (AvgIpc) is 3.42. The van der Waals surface area contributed by atoms with E-state index in [1.807, 2.05) is 0 Å². The third-order valence-electron chi connectivity index (χ3n) is 8.89. The summed E-state index contributed by atoms with van der Waals surface area (Å²) in [6, 6.07) is 0.621. The molecule has 0 radical (unpaired) electrons. The number of imidazole rings is 1. The number of unbranched alkanes of at least 4 members (excludes halogenated alkanes) is 21. The molecule has 0 bridgehead atoms. The van der Waals surface area contributed by atoms with Crippen LogP contribution >= 0.6 is 0 Å². The Morgan fingerprint density at radius 1 is 0.500 bits per heavy atom. The van der Waals surface area contributed by atoms with Gasteiger partial charge in [-0.15, -0.1) is 0 Å². The number of aromatic amines is 1. The molecule has 0 amide bonds. The number of nitrogens with zero attached hydrogens (tertiary/aromatic N) is 1. The summed E-state index contributed by atoms with van der Waals surface area (Å²) in [6.07, 6.45) is 42.7. The maximum absolute atomic E-state index is 3.73. The first-order valence-corrected chi connectivity index (χ1v) is 17.8. The zero-order valence-corrected chi connectivity index (χ0v) is 26.8. The fourth-order valence-corrected chi connectivity index (χ4v) is 6.25. The molecule has 2 atom stereocenters. The minimum atomic E-state index is 0.621. The summed E-state index contributed by atoms with van der Waals surface area (Å²) in [4.78, 5) is 3.73. The molecule has 38 heavy (non-hydrogen) atoms. The number of nitrogens with one attached hydrogen (secondary N) is 1. The van der Waals surface area contributed by atoms with Gasteiger partial charge in [-0.1, -0.05) is 168 Å². The molecule has 1 aromatic heterocycles. The number of rotatable bonds is 29. The summed E-state index contributed by atoms with van der Waals surface area (Å²) in [5.74, 6) is 2.24. The summed E-state index contributed by atoms with van der Waals surface area (Å²) in [5.41, 5.74) is 0. The lowest BCUT2D eigenvalue weighted by Crippen LogP contribution is -2.41. The molecule has 0 saturated carbocycles. The van der Waals surface area contributed by atoms with E-state index >= 15 is 0 Å². The first-order chi connectivity index (χ1) is 18.7. The quantitative estimate of drug-likeness (QED) is 0.0783. The molecule has 0 aliphatic rings. The van der Waals surface area contributed by atoms with E-state index in [2.05, 4.69) is 49.6 Å². The van der Waals surface area contributed by atoms with E-state index in [0.29, 0.717) is 12.0 Å². The summed E-state index contributed by atoms with van der Waals surface area (Å²) in [7, 11) is 0. The molecule has 1 aromatic rings. The Morgan fingerprint density at radius 2 is 0.842 bits per heavy atom. The van der Waals surface area contributed by atoms with Crippen molar-refractivity contribution in [3.63, 3.8) is 0 Å². The van der Waals surface area contributed by atoms with Crippen LogP contribution in [0.1, 0.15) is 219 Å². The van der Waals surface area contributed by atoms with E-state index in [9.17, 15) is 0 Å². The highest BCUT2D eigenvalue weighted by atomic mass is 15.1. The van der Waals surface area contributed by atoms with Crippen LogP contribution in [0.5, 0.6) is 0 Å². The van der Waals surface area contributed by atoms with E-state index < -0.39 is 0 Å². The van der Waals surface area contributed by atoms with Crippen molar-refractivity contribution < 1.29 is 4.57 Å². The van der Waals surface area contributed by atoms with Crippen molar-refractivity contribution in [2.24, 2.45) is 0 Å². The first kappa shape index (κ1) is 35.2. The monoisotopic (exact) mass is 532 g/mol. The highest BCUT2D eigenvalue weighted by Crippen LogP contribution is 2.27. The molecule has 1 heterocycles. The SMILES string of the molecule is CCCCCCCCCCCCC(CCCCCCCCC)c1[nH]cc[n+]1C(C)CCCCCCCCC. The van der Waals surface area contributed by atoms with Gasteiger partial charge < -0.3 is 0 Å². The van der Waals surface area contributed by atoms with Gasteiger partial charge >= 0.3 is 0 Å². The molecule has 2 heteroatoms. The number of H-pyrrole nitrogens is 1. The minimum absolute atomic E-state index is 0.621. The Bertz CT molecular complexity index is 592. The largest absolute Gasteiger partial charge is 0.257 e. The Morgan fingerprint density at radius 3 is 1.24 bits per heavy atom. The van der Waals surface area contributed by atoms with Crippen molar-refractivity contribution in [3.8, 4) is 0 Å². The van der Waals surface area contributed by atoms with Crippen LogP contribution in [0.3, 0.4) is 0 Å². The van der Waals surface area contributed by atoms with Gasteiger partial charge in [0.25, 0.3) is 5.82 Å². The van der Waals surface area contributed by atoms with Crippen molar-refractivity contribution in [3.05, 3.63) is 18.2 Å². The Labute approximate surface area is 240 Å². The van der Waals surface area contributed by atoms with E-state index in [1.54, 1.807) is 0 Å². The van der Waals surface area contributed by atoms with Gasteiger partial charge in [0, 0.05) is 0 Å². The van der Waals surface area contributed by atoms with Gasteiger partial charge in [0.2, 0.25) is 0 Å². The van der Waals surface area contributed by atoms with E-state index in [0.717, 1.165) is 0 Å². The van der Waals surface area contributed by atoms with Crippen LogP contribution in [0.2, 0.25) is 0 Å². The zero-order valence-electron chi connectivity index (χ0n) is 26.8. The topological polar surface area (TPSA) is 19.7 Å². The number of aromatic nitrogens is 2. The van der Waals surface area contributed by atoms with E-state index in [1.165, 1.54) is 179 Å². The molecule has 0 saturated heterocycles. The second-order valence-electron chi connectivity index (χ2n) is 12.6. The van der Waals surface area contributed by atoms with Gasteiger partial charge in [-0.25, -0.2) is 9.55 Å². The van der Waals surface area contributed by atoms with Gasteiger partial charge in [0.05, 0.1) is 12.0 Å². The normalized spacial score (nSPS) is 13.3. The third kappa shape index (κ3) is 18.5.